The van der Waals surface area contributed by atoms with E-state index in [1.165, 1.54) is 12.1 Å². The molecule has 0 aromatic heterocycles. The van der Waals surface area contributed by atoms with Gasteiger partial charge in [-0.05, 0) is 48.4 Å². The highest BCUT2D eigenvalue weighted by Crippen LogP contribution is 2.22. The Labute approximate surface area is 150 Å². The molecule has 3 rings (SSSR count). The number of nitro benzene ring substituents is 1. The van der Waals surface area contributed by atoms with Crippen LogP contribution in [0.15, 0.2) is 48.5 Å². The lowest BCUT2D eigenvalue weighted by Crippen LogP contribution is -2.21. The van der Waals surface area contributed by atoms with Gasteiger partial charge in [-0.2, -0.15) is 0 Å². The Bertz CT molecular complexity index is 776. The highest BCUT2D eigenvalue weighted by molar-refractivity contribution is 5.84. The van der Waals surface area contributed by atoms with Gasteiger partial charge in [0.1, 0.15) is 6.61 Å². The normalized spacial score (nSPS) is 16.3. The molecule has 1 fully saturated rings. The second-order valence-electron chi connectivity index (χ2n) is 6.06. The van der Waals surface area contributed by atoms with Crippen LogP contribution >= 0.6 is 0 Å². The lowest BCUT2D eigenvalue weighted by atomic mass is 10.2. The van der Waals surface area contributed by atoms with Gasteiger partial charge in [0.25, 0.3) is 5.69 Å². The summed E-state index contributed by atoms with van der Waals surface area (Å²) in [5.41, 5.74) is 2.24. The topological polar surface area (TPSA) is 105 Å². The summed E-state index contributed by atoms with van der Waals surface area (Å²) < 4.78 is 5.11. The molecule has 1 atom stereocenters. The monoisotopic (exact) mass is 357 g/mol. The van der Waals surface area contributed by atoms with E-state index in [1.807, 2.05) is 12.1 Å². The maximum Gasteiger partial charge on any atom is 0.411 e. The molecular weight excluding hydrogens is 338 g/mol. The van der Waals surface area contributed by atoms with Crippen molar-refractivity contribution in [2.75, 3.05) is 23.3 Å². The number of carbonyl (C=O) groups is 1. The number of anilines is 2. The number of benzene rings is 2. The fourth-order valence-electron chi connectivity index (χ4n) is 2.75. The molecule has 1 amide bonds. The van der Waals surface area contributed by atoms with Crippen molar-refractivity contribution < 1.29 is 19.6 Å². The zero-order valence-electron chi connectivity index (χ0n) is 14.0. The SMILES string of the molecule is O=C(Nc1ccc(N2CCC(O)C2)cc1)OCc1ccc([N+](=O)[O-])cc1. The molecule has 26 heavy (non-hydrogen) atoms. The Balaban J connectivity index is 1.49. The van der Waals surface area contributed by atoms with Gasteiger partial charge >= 0.3 is 6.09 Å². The van der Waals surface area contributed by atoms with Crippen LogP contribution < -0.4 is 10.2 Å². The number of aliphatic hydroxyl groups excluding tert-OH is 1. The zero-order valence-corrected chi connectivity index (χ0v) is 14.0. The summed E-state index contributed by atoms with van der Waals surface area (Å²) in [5, 5.41) is 22.8. The van der Waals surface area contributed by atoms with Crippen molar-refractivity contribution in [1.82, 2.24) is 0 Å². The van der Waals surface area contributed by atoms with Gasteiger partial charge in [-0.15, -0.1) is 0 Å². The van der Waals surface area contributed by atoms with Gasteiger partial charge < -0.3 is 14.7 Å². The molecule has 0 spiro atoms. The summed E-state index contributed by atoms with van der Waals surface area (Å²) in [7, 11) is 0. The average Bonchev–Trinajstić information content (AvgIpc) is 3.07. The number of β-amino-alcohol motifs (C(OH)–C–C–N with tert-alkyl or cyclic N) is 1. The number of aliphatic hydroxyl groups is 1. The van der Waals surface area contributed by atoms with Crippen LogP contribution in [-0.2, 0) is 11.3 Å². The highest BCUT2D eigenvalue weighted by atomic mass is 16.6. The van der Waals surface area contributed by atoms with E-state index in [4.69, 9.17) is 4.74 Å². The first-order chi connectivity index (χ1) is 12.5. The third kappa shape index (κ3) is 4.48. The van der Waals surface area contributed by atoms with Crippen LogP contribution in [0.5, 0.6) is 0 Å². The molecule has 0 aliphatic carbocycles. The molecule has 1 saturated heterocycles. The van der Waals surface area contributed by atoms with Crippen molar-refractivity contribution in [1.29, 1.82) is 0 Å². The van der Waals surface area contributed by atoms with Crippen LogP contribution in [-0.4, -0.2) is 35.3 Å². The Morgan fingerprint density at radius 2 is 1.92 bits per heavy atom. The standard InChI is InChI=1S/C18H19N3O5/c22-17-9-10-20(11-17)15-7-3-14(4-8-15)19-18(23)26-12-13-1-5-16(6-2-13)21(24)25/h1-8,17,22H,9-12H2,(H,19,23). The maximum atomic E-state index is 11.9. The number of nitrogens with one attached hydrogen (secondary N) is 1. The van der Waals surface area contributed by atoms with Crippen LogP contribution in [0.4, 0.5) is 21.9 Å². The Morgan fingerprint density at radius 3 is 2.50 bits per heavy atom. The molecule has 8 heteroatoms. The number of nitrogens with zero attached hydrogens (tertiary/aromatic N) is 2. The molecule has 2 N–H and O–H groups in total. The first-order valence-electron chi connectivity index (χ1n) is 8.21. The molecule has 136 valence electrons. The summed E-state index contributed by atoms with van der Waals surface area (Å²) >= 11 is 0. The van der Waals surface area contributed by atoms with Crippen LogP contribution in [0.2, 0.25) is 0 Å². The number of non-ortho nitro benzene ring substituents is 1. The zero-order chi connectivity index (χ0) is 18.5. The number of amides is 1. The number of hydrogen-bond donors (Lipinski definition) is 2. The molecule has 0 bridgehead atoms. The molecule has 1 heterocycles. The summed E-state index contributed by atoms with van der Waals surface area (Å²) in [5.74, 6) is 0. The van der Waals surface area contributed by atoms with Gasteiger partial charge in [-0.25, -0.2) is 4.79 Å². The molecular formula is C18H19N3O5. The lowest BCUT2D eigenvalue weighted by Gasteiger charge is -2.18. The van der Waals surface area contributed by atoms with Gasteiger partial charge in [0.2, 0.25) is 0 Å². The second kappa shape index (κ2) is 7.83. The highest BCUT2D eigenvalue weighted by Gasteiger charge is 2.20. The largest absolute Gasteiger partial charge is 0.444 e. The molecule has 1 aliphatic heterocycles. The fraction of sp³-hybridized carbons (Fsp3) is 0.278. The van der Waals surface area contributed by atoms with Gasteiger partial charge in [0.15, 0.2) is 0 Å². The van der Waals surface area contributed by atoms with Crippen LogP contribution in [0.1, 0.15) is 12.0 Å². The van der Waals surface area contributed by atoms with E-state index in [-0.39, 0.29) is 18.4 Å². The number of hydrogen-bond acceptors (Lipinski definition) is 6. The number of rotatable bonds is 5. The number of carbonyl (C=O) groups excluding carboxylic acids is 1. The first kappa shape index (κ1) is 17.7. The van der Waals surface area contributed by atoms with Crippen LogP contribution in [0.25, 0.3) is 0 Å². The average molecular weight is 357 g/mol. The number of ether oxygens (including phenoxy) is 1. The second-order valence-corrected chi connectivity index (χ2v) is 6.06. The van der Waals surface area contributed by atoms with Gasteiger partial charge in [-0.1, -0.05) is 0 Å². The van der Waals surface area contributed by atoms with Gasteiger partial charge in [0.05, 0.1) is 11.0 Å². The minimum atomic E-state index is -0.604. The predicted molar refractivity (Wildman–Crippen MR) is 96.2 cm³/mol. The summed E-state index contributed by atoms with van der Waals surface area (Å²) in [4.78, 5) is 24.1. The molecule has 1 aliphatic rings. The van der Waals surface area contributed by atoms with E-state index >= 15 is 0 Å². The third-order valence-electron chi connectivity index (χ3n) is 4.16. The summed E-state index contributed by atoms with van der Waals surface area (Å²) in [6.07, 6.45) is -0.135. The minimum absolute atomic E-state index is 0.0104. The van der Waals surface area contributed by atoms with Crippen molar-refractivity contribution in [3.05, 3.63) is 64.2 Å². The quantitative estimate of drug-likeness (QED) is 0.630. The van der Waals surface area contributed by atoms with Crippen LogP contribution in [0.3, 0.4) is 0 Å². The first-order valence-corrected chi connectivity index (χ1v) is 8.21. The maximum absolute atomic E-state index is 11.9. The molecule has 2 aromatic rings. The van der Waals surface area contributed by atoms with Crippen molar-refractivity contribution in [3.63, 3.8) is 0 Å². The molecule has 0 radical (unpaired) electrons. The van der Waals surface area contributed by atoms with E-state index in [1.54, 1.807) is 24.3 Å². The molecule has 2 aromatic carbocycles. The molecule has 8 nitrogen and oxygen atoms in total. The van der Waals surface area contributed by atoms with Gasteiger partial charge in [0, 0.05) is 36.6 Å². The third-order valence-corrected chi connectivity index (χ3v) is 4.16. The van der Waals surface area contributed by atoms with Crippen molar-refractivity contribution in [2.45, 2.75) is 19.1 Å². The van der Waals surface area contributed by atoms with Gasteiger partial charge in [-0.3, -0.25) is 15.4 Å². The Kier molecular flexibility index (Phi) is 5.33. The number of nitro groups is 1. The Hall–Kier alpha value is -3.13. The molecule has 1 unspecified atom stereocenters. The van der Waals surface area contributed by atoms with Crippen molar-refractivity contribution in [3.8, 4) is 0 Å². The fourth-order valence-corrected chi connectivity index (χ4v) is 2.75. The van der Waals surface area contributed by atoms with E-state index < -0.39 is 11.0 Å². The lowest BCUT2D eigenvalue weighted by molar-refractivity contribution is -0.384. The summed E-state index contributed by atoms with van der Waals surface area (Å²) in [6, 6.07) is 13.1. The Morgan fingerprint density at radius 1 is 1.23 bits per heavy atom. The van der Waals surface area contributed by atoms with E-state index in [2.05, 4.69) is 10.2 Å². The molecule has 0 saturated carbocycles. The van der Waals surface area contributed by atoms with E-state index in [0.29, 0.717) is 17.8 Å². The summed E-state index contributed by atoms with van der Waals surface area (Å²) in [6.45, 7) is 1.45. The van der Waals surface area contributed by atoms with Crippen molar-refractivity contribution >= 4 is 23.2 Å². The van der Waals surface area contributed by atoms with Crippen LogP contribution in [0, 0.1) is 10.1 Å². The predicted octanol–water partition coefficient (Wildman–Crippen LogP) is 2.91. The smallest absolute Gasteiger partial charge is 0.411 e. The van der Waals surface area contributed by atoms with E-state index in [9.17, 15) is 20.0 Å². The van der Waals surface area contributed by atoms with Crippen molar-refractivity contribution in [2.24, 2.45) is 0 Å². The minimum Gasteiger partial charge on any atom is -0.444 e. The van der Waals surface area contributed by atoms with E-state index in [0.717, 1.165) is 18.7 Å².